The van der Waals surface area contributed by atoms with Crippen molar-refractivity contribution in [2.45, 2.75) is 150 Å². The summed E-state index contributed by atoms with van der Waals surface area (Å²) in [7, 11) is 0. The molecule has 0 spiro atoms. The van der Waals surface area contributed by atoms with Crippen LogP contribution in [0.1, 0.15) is 157 Å². The number of benzene rings is 6. The van der Waals surface area contributed by atoms with E-state index >= 15 is 0 Å². The molecule has 3 heterocycles. The van der Waals surface area contributed by atoms with Crippen LogP contribution in [-0.4, -0.2) is 16.2 Å². The zero-order valence-electron chi connectivity index (χ0n) is 45.2. The molecule has 0 atom stereocenters. The van der Waals surface area contributed by atoms with Crippen molar-refractivity contribution >= 4 is 44.6 Å². The van der Waals surface area contributed by atoms with Gasteiger partial charge in [-0.1, -0.05) is 166 Å². The van der Waals surface area contributed by atoms with E-state index in [1.807, 2.05) is 6.20 Å². The van der Waals surface area contributed by atoms with E-state index in [4.69, 9.17) is 9.72 Å². The highest BCUT2D eigenvalue weighted by Gasteiger charge is 2.36. The number of hydrogen-bond donors (Lipinski definition) is 0. The lowest BCUT2D eigenvalue weighted by molar-refractivity contribution is 0.483. The zero-order valence-corrected chi connectivity index (χ0v) is 45.2. The van der Waals surface area contributed by atoms with Crippen LogP contribution in [0.4, 0.5) is 22.7 Å². The van der Waals surface area contributed by atoms with Crippen LogP contribution >= 0.6 is 0 Å². The third-order valence-corrected chi connectivity index (χ3v) is 14.7. The number of anilines is 4. The predicted molar refractivity (Wildman–Crippen MR) is 299 cm³/mol. The number of aromatic nitrogens is 2. The summed E-state index contributed by atoms with van der Waals surface area (Å²) in [5, 5.41) is 2.39. The maximum atomic E-state index is 6.95. The Morgan fingerprint density at radius 1 is 0.400 bits per heavy atom. The first-order valence-corrected chi connectivity index (χ1v) is 25.4. The van der Waals surface area contributed by atoms with E-state index in [-0.39, 0.29) is 32.5 Å². The topological polar surface area (TPSA) is 33.5 Å². The molecule has 0 amide bonds. The van der Waals surface area contributed by atoms with Crippen molar-refractivity contribution < 1.29 is 4.74 Å². The molecule has 0 saturated carbocycles. The number of fused-ring (bicyclic) bond motifs is 4. The molecule has 8 aromatic rings. The Bertz CT molecular complexity index is 3260. The van der Waals surface area contributed by atoms with E-state index in [1.165, 1.54) is 66.8 Å². The quantitative estimate of drug-likeness (QED) is 0.159. The van der Waals surface area contributed by atoms with Crippen LogP contribution in [0, 0.1) is 0 Å². The van der Waals surface area contributed by atoms with Gasteiger partial charge in [0.1, 0.15) is 24.0 Å². The van der Waals surface area contributed by atoms with Gasteiger partial charge in [-0.25, -0.2) is 4.98 Å². The highest BCUT2D eigenvalue weighted by atomic mass is 16.5. The van der Waals surface area contributed by atoms with Gasteiger partial charge in [0.15, 0.2) is 0 Å². The summed E-state index contributed by atoms with van der Waals surface area (Å²) in [6, 6.07) is 49.7. The monoisotopic (exact) mass is 929 g/mol. The number of pyridine rings is 1. The molecule has 9 rings (SSSR count). The fraction of sp³-hybridized carbons (Fsp3) is 0.369. The van der Waals surface area contributed by atoms with Crippen LogP contribution in [0.25, 0.3) is 27.6 Å². The largest absolute Gasteiger partial charge is 0.457 e. The molecule has 0 N–H and O–H groups in total. The smallest absolute Gasteiger partial charge is 0.137 e. The number of hydrogen-bond acceptors (Lipinski definition) is 4. The lowest BCUT2D eigenvalue weighted by Gasteiger charge is -2.33. The summed E-state index contributed by atoms with van der Waals surface area (Å²) in [5.41, 5.74) is 15.7. The molecule has 1 aliphatic heterocycles. The van der Waals surface area contributed by atoms with Gasteiger partial charge in [0.2, 0.25) is 0 Å². The second kappa shape index (κ2) is 16.9. The molecule has 362 valence electrons. The maximum absolute atomic E-state index is 6.95. The molecule has 0 saturated heterocycles. The first-order valence-electron chi connectivity index (χ1n) is 25.4. The Labute approximate surface area is 419 Å². The normalized spacial score (nSPS) is 14.0. The number of rotatable bonds is 7. The zero-order chi connectivity index (χ0) is 50.5. The number of ether oxygens (including phenoxy) is 1. The van der Waals surface area contributed by atoms with Crippen molar-refractivity contribution in [1.82, 2.24) is 9.55 Å². The minimum atomic E-state index is -0.211. The van der Waals surface area contributed by atoms with Crippen LogP contribution in [0.2, 0.25) is 0 Å². The molecule has 0 radical (unpaired) electrons. The average Bonchev–Trinajstić information content (AvgIpc) is 3.83. The molecule has 5 nitrogen and oxygen atoms in total. The lowest BCUT2D eigenvalue weighted by Crippen LogP contribution is -2.26. The van der Waals surface area contributed by atoms with Crippen molar-refractivity contribution in [1.29, 1.82) is 0 Å². The Hall–Kier alpha value is -6.33. The van der Waals surface area contributed by atoms with Crippen molar-refractivity contribution in [3.8, 4) is 17.3 Å². The Balaban J connectivity index is 1.17. The third kappa shape index (κ3) is 9.13. The molecular weight excluding hydrogens is 853 g/mol. The highest BCUT2D eigenvalue weighted by Crippen LogP contribution is 2.51. The van der Waals surface area contributed by atoms with Crippen molar-refractivity contribution in [3.63, 3.8) is 0 Å². The molecule has 0 bridgehead atoms. The van der Waals surface area contributed by atoms with Gasteiger partial charge in [-0.05, 0) is 139 Å². The van der Waals surface area contributed by atoms with Gasteiger partial charge in [0.25, 0.3) is 0 Å². The van der Waals surface area contributed by atoms with Crippen LogP contribution in [0.3, 0.4) is 0 Å². The molecular formula is C65H76N4O. The fourth-order valence-corrected chi connectivity index (χ4v) is 10.2. The Kier molecular flexibility index (Phi) is 11.8. The Morgan fingerprint density at radius 2 is 0.986 bits per heavy atom. The molecule has 6 aromatic carbocycles. The second-order valence-corrected chi connectivity index (χ2v) is 25.6. The van der Waals surface area contributed by atoms with E-state index in [0.29, 0.717) is 6.67 Å². The van der Waals surface area contributed by atoms with Crippen LogP contribution in [-0.2, 0) is 32.5 Å². The van der Waals surface area contributed by atoms with Gasteiger partial charge in [-0.2, -0.15) is 0 Å². The van der Waals surface area contributed by atoms with Crippen molar-refractivity contribution in [2.24, 2.45) is 0 Å². The lowest BCUT2D eigenvalue weighted by atomic mass is 9.74. The minimum absolute atomic E-state index is 0.00977. The minimum Gasteiger partial charge on any atom is -0.457 e. The van der Waals surface area contributed by atoms with E-state index < -0.39 is 0 Å². The first kappa shape index (κ1) is 48.7. The SMILES string of the molecule is CC(C)(C)c1cc(N2CN(c3cccc(Oc4ccc5c6cc(C(C)(C)C)ccc6n(-c6cc(C(C)(C)C)ccn6)c5c4)c3)c3cc(C(C)(C)C)c(C(C)(C)C)cc32)cc(C(C)(C)c2ccccc2)c1. The van der Waals surface area contributed by atoms with Gasteiger partial charge in [-0.15, -0.1) is 0 Å². The molecule has 2 aromatic heterocycles. The predicted octanol–water partition coefficient (Wildman–Crippen LogP) is 18.0. The average molecular weight is 929 g/mol. The van der Waals surface area contributed by atoms with E-state index in [9.17, 15) is 0 Å². The van der Waals surface area contributed by atoms with Crippen molar-refractivity contribution in [3.05, 3.63) is 179 Å². The molecule has 0 unspecified atom stereocenters. The van der Waals surface area contributed by atoms with Crippen LogP contribution in [0.15, 0.2) is 140 Å². The summed E-state index contributed by atoms with van der Waals surface area (Å²) < 4.78 is 9.26. The molecule has 5 heteroatoms. The Morgan fingerprint density at radius 3 is 1.60 bits per heavy atom. The summed E-state index contributed by atoms with van der Waals surface area (Å²) >= 11 is 0. The standard InChI is InChI=1S/C65H76N4O/c1-60(2,3)43-26-29-55-52(35-43)51-28-27-50(38-56(51)69(55)59-36-44(30-31-66-59)61(4,5)6)70-49-25-21-24-47(37-49)67-41-68(58-40-54(64(13,14)15)53(39-57(58)67)63(10,11)12)48-33-45(62(7,8)9)32-46(34-48)65(16,17)42-22-19-18-20-23-42/h18-40H,41H2,1-17H3. The van der Waals surface area contributed by atoms with Gasteiger partial charge >= 0.3 is 0 Å². The summed E-state index contributed by atoms with van der Waals surface area (Å²) in [4.78, 5) is 10.0. The van der Waals surface area contributed by atoms with Crippen LogP contribution in [0.5, 0.6) is 11.5 Å². The molecule has 0 aliphatic carbocycles. The van der Waals surface area contributed by atoms with Gasteiger partial charge < -0.3 is 14.5 Å². The van der Waals surface area contributed by atoms with Crippen molar-refractivity contribution in [2.75, 3.05) is 16.5 Å². The second-order valence-electron chi connectivity index (χ2n) is 25.6. The van der Waals surface area contributed by atoms with Crippen LogP contribution < -0.4 is 14.5 Å². The molecule has 0 fully saturated rings. The maximum Gasteiger partial charge on any atom is 0.137 e. The van der Waals surface area contributed by atoms with Gasteiger partial charge in [-0.3, -0.25) is 4.57 Å². The summed E-state index contributed by atoms with van der Waals surface area (Å²) in [5.74, 6) is 2.46. The number of nitrogens with zero attached hydrogens (tertiary/aromatic N) is 4. The highest BCUT2D eigenvalue weighted by molar-refractivity contribution is 6.10. The summed E-state index contributed by atoms with van der Waals surface area (Å²) in [6.07, 6.45) is 1.95. The van der Waals surface area contributed by atoms with E-state index in [2.05, 4.69) is 266 Å². The van der Waals surface area contributed by atoms with Gasteiger partial charge in [0.05, 0.1) is 22.4 Å². The van der Waals surface area contributed by atoms with E-state index in [0.717, 1.165) is 34.0 Å². The fourth-order valence-electron chi connectivity index (χ4n) is 10.2. The summed E-state index contributed by atoms with van der Waals surface area (Å²) in [6.45, 7) is 40.0. The molecule has 1 aliphatic rings. The third-order valence-electron chi connectivity index (χ3n) is 14.7. The van der Waals surface area contributed by atoms with Gasteiger partial charge in [0, 0.05) is 45.9 Å². The first-order chi connectivity index (χ1) is 32.6. The molecule has 70 heavy (non-hydrogen) atoms. The van der Waals surface area contributed by atoms with E-state index in [1.54, 1.807) is 0 Å².